The number of rotatable bonds is 3. The van der Waals surface area contributed by atoms with Gasteiger partial charge in [-0.2, -0.15) is 0 Å². The van der Waals surface area contributed by atoms with E-state index in [1.54, 1.807) is 4.90 Å². The predicted octanol–water partition coefficient (Wildman–Crippen LogP) is -0.435. The number of amides is 1. The van der Waals surface area contributed by atoms with Crippen LogP contribution in [0, 0.1) is 5.92 Å². The van der Waals surface area contributed by atoms with Gasteiger partial charge < -0.3 is 15.7 Å². The molecule has 0 saturated carbocycles. The van der Waals surface area contributed by atoms with Gasteiger partial charge in [0.2, 0.25) is 5.91 Å². The van der Waals surface area contributed by atoms with Gasteiger partial charge in [-0.3, -0.25) is 4.79 Å². The zero-order chi connectivity index (χ0) is 9.84. The topological polar surface area (TPSA) is 66.6 Å². The molecule has 0 bridgehead atoms. The third-order valence-corrected chi connectivity index (χ3v) is 2.44. The monoisotopic (exact) mass is 186 g/mol. The molecule has 1 amide bonds. The van der Waals surface area contributed by atoms with Gasteiger partial charge in [-0.05, 0) is 18.9 Å². The average Bonchev–Trinajstić information content (AvgIpc) is 2.51. The summed E-state index contributed by atoms with van der Waals surface area (Å²) < 4.78 is 0. The minimum atomic E-state index is -0.322. The minimum Gasteiger partial charge on any atom is -0.391 e. The number of aliphatic hydroxyl groups is 1. The molecule has 13 heavy (non-hydrogen) atoms. The Morgan fingerprint density at radius 1 is 1.77 bits per heavy atom. The van der Waals surface area contributed by atoms with Gasteiger partial charge in [-0.25, -0.2) is 0 Å². The van der Waals surface area contributed by atoms with Crippen molar-refractivity contribution in [3.8, 4) is 0 Å². The van der Waals surface area contributed by atoms with Crippen molar-refractivity contribution in [1.29, 1.82) is 0 Å². The Balaban J connectivity index is 2.31. The number of nitrogens with zero attached hydrogens (tertiary/aromatic N) is 1. The van der Waals surface area contributed by atoms with E-state index >= 15 is 0 Å². The largest absolute Gasteiger partial charge is 0.391 e. The number of hydrogen-bond donors (Lipinski definition) is 2. The molecule has 4 nitrogen and oxygen atoms in total. The van der Waals surface area contributed by atoms with E-state index < -0.39 is 0 Å². The summed E-state index contributed by atoms with van der Waals surface area (Å²) in [7, 11) is 0. The van der Waals surface area contributed by atoms with E-state index in [1.807, 2.05) is 6.92 Å². The first-order valence-electron chi connectivity index (χ1n) is 4.79. The van der Waals surface area contributed by atoms with Gasteiger partial charge in [0.25, 0.3) is 0 Å². The number of β-amino-alcohol motifs (C(OH)–C–C–N with tert-alkyl or cyclic N) is 1. The molecule has 0 aromatic carbocycles. The number of carbonyl (C=O) groups excluding carboxylic acids is 1. The maximum Gasteiger partial charge on any atom is 0.222 e. The highest BCUT2D eigenvalue weighted by atomic mass is 16.3. The van der Waals surface area contributed by atoms with Crippen LogP contribution >= 0.6 is 0 Å². The molecule has 0 aliphatic carbocycles. The van der Waals surface area contributed by atoms with Crippen LogP contribution in [-0.2, 0) is 4.79 Å². The van der Waals surface area contributed by atoms with Gasteiger partial charge in [-0.15, -0.1) is 0 Å². The van der Waals surface area contributed by atoms with Gasteiger partial charge >= 0.3 is 0 Å². The van der Waals surface area contributed by atoms with E-state index in [1.165, 1.54) is 0 Å². The van der Waals surface area contributed by atoms with Crippen molar-refractivity contribution in [2.45, 2.75) is 25.9 Å². The van der Waals surface area contributed by atoms with Crippen molar-refractivity contribution in [2.24, 2.45) is 11.7 Å². The molecule has 1 saturated heterocycles. The number of likely N-dealkylation sites (tertiary alicyclic amines) is 1. The normalized spacial score (nSPS) is 24.8. The van der Waals surface area contributed by atoms with Crippen LogP contribution in [0.1, 0.15) is 19.8 Å². The molecule has 1 heterocycles. The molecule has 0 aromatic rings. The molecule has 0 spiro atoms. The molecule has 76 valence electrons. The first-order valence-corrected chi connectivity index (χ1v) is 4.79. The Kier molecular flexibility index (Phi) is 3.69. The van der Waals surface area contributed by atoms with Crippen molar-refractivity contribution in [3.63, 3.8) is 0 Å². The molecular formula is C9H18N2O2. The SMILES string of the molecule is CC(CN)CC(=O)N1CCC(O)C1. The van der Waals surface area contributed by atoms with E-state index in [2.05, 4.69) is 0 Å². The molecule has 1 aliphatic rings. The first-order chi connectivity index (χ1) is 6.13. The molecular weight excluding hydrogens is 168 g/mol. The summed E-state index contributed by atoms with van der Waals surface area (Å²) in [5.74, 6) is 0.361. The lowest BCUT2D eigenvalue weighted by Gasteiger charge is -2.17. The van der Waals surface area contributed by atoms with Crippen LogP contribution in [0.3, 0.4) is 0 Å². The lowest BCUT2D eigenvalue weighted by Crippen LogP contribution is -2.31. The fourth-order valence-electron chi connectivity index (χ4n) is 1.48. The average molecular weight is 186 g/mol. The number of carbonyl (C=O) groups is 1. The van der Waals surface area contributed by atoms with Crippen LogP contribution in [0.4, 0.5) is 0 Å². The van der Waals surface area contributed by atoms with Gasteiger partial charge in [0, 0.05) is 19.5 Å². The Bertz CT molecular complexity index is 184. The highest BCUT2D eigenvalue weighted by Crippen LogP contribution is 2.12. The fourth-order valence-corrected chi connectivity index (χ4v) is 1.48. The molecule has 0 aromatic heterocycles. The fraction of sp³-hybridized carbons (Fsp3) is 0.889. The first kappa shape index (κ1) is 10.5. The Morgan fingerprint density at radius 2 is 2.46 bits per heavy atom. The third-order valence-electron chi connectivity index (χ3n) is 2.44. The molecule has 0 radical (unpaired) electrons. The van der Waals surface area contributed by atoms with Crippen LogP contribution in [-0.4, -0.2) is 41.7 Å². The maximum atomic E-state index is 11.5. The molecule has 2 unspecified atom stereocenters. The molecule has 4 heteroatoms. The molecule has 2 atom stereocenters. The Morgan fingerprint density at radius 3 is 2.92 bits per heavy atom. The van der Waals surface area contributed by atoms with Crippen LogP contribution in [0.2, 0.25) is 0 Å². The zero-order valence-corrected chi connectivity index (χ0v) is 8.07. The lowest BCUT2D eigenvalue weighted by atomic mass is 10.1. The van der Waals surface area contributed by atoms with Gasteiger partial charge in [0.1, 0.15) is 0 Å². The third kappa shape index (κ3) is 2.97. The standard InChI is InChI=1S/C9H18N2O2/c1-7(5-10)4-9(13)11-3-2-8(12)6-11/h7-8,12H,2-6,10H2,1H3. The number of hydrogen-bond acceptors (Lipinski definition) is 3. The summed E-state index contributed by atoms with van der Waals surface area (Å²) in [4.78, 5) is 13.2. The molecule has 1 fully saturated rings. The van der Waals surface area contributed by atoms with E-state index in [4.69, 9.17) is 5.73 Å². The minimum absolute atomic E-state index is 0.120. The smallest absolute Gasteiger partial charge is 0.222 e. The second-order valence-corrected chi connectivity index (χ2v) is 3.83. The van der Waals surface area contributed by atoms with Gasteiger partial charge in [0.15, 0.2) is 0 Å². The van der Waals surface area contributed by atoms with E-state index in [-0.39, 0.29) is 17.9 Å². The Labute approximate surface area is 78.7 Å². The second kappa shape index (κ2) is 4.58. The van der Waals surface area contributed by atoms with Gasteiger partial charge in [-0.1, -0.05) is 6.92 Å². The van der Waals surface area contributed by atoms with Crippen molar-refractivity contribution in [1.82, 2.24) is 4.90 Å². The van der Waals surface area contributed by atoms with E-state index in [0.29, 0.717) is 32.5 Å². The van der Waals surface area contributed by atoms with Gasteiger partial charge in [0.05, 0.1) is 6.10 Å². The van der Waals surface area contributed by atoms with E-state index in [0.717, 1.165) is 0 Å². The predicted molar refractivity (Wildman–Crippen MR) is 50.0 cm³/mol. The summed E-state index contributed by atoms with van der Waals surface area (Å²) >= 11 is 0. The van der Waals surface area contributed by atoms with Crippen LogP contribution in [0.25, 0.3) is 0 Å². The summed E-state index contributed by atoms with van der Waals surface area (Å²) in [5, 5.41) is 9.22. The zero-order valence-electron chi connectivity index (χ0n) is 8.07. The molecule has 3 N–H and O–H groups in total. The summed E-state index contributed by atoms with van der Waals surface area (Å²) in [6.07, 6.45) is 0.892. The van der Waals surface area contributed by atoms with Crippen LogP contribution < -0.4 is 5.73 Å². The highest BCUT2D eigenvalue weighted by molar-refractivity contribution is 5.76. The molecule has 1 rings (SSSR count). The lowest BCUT2D eigenvalue weighted by molar-refractivity contribution is -0.131. The summed E-state index contributed by atoms with van der Waals surface area (Å²) in [6.45, 7) is 3.69. The molecule has 1 aliphatic heterocycles. The number of aliphatic hydroxyl groups excluding tert-OH is 1. The summed E-state index contributed by atoms with van der Waals surface area (Å²) in [5.41, 5.74) is 5.43. The maximum absolute atomic E-state index is 11.5. The van der Waals surface area contributed by atoms with Crippen molar-refractivity contribution in [2.75, 3.05) is 19.6 Å². The van der Waals surface area contributed by atoms with Crippen molar-refractivity contribution >= 4 is 5.91 Å². The van der Waals surface area contributed by atoms with Crippen molar-refractivity contribution < 1.29 is 9.90 Å². The Hall–Kier alpha value is -0.610. The quantitative estimate of drug-likeness (QED) is 0.628. The summed E-state index contributed by atoms with van der Waals surface area (Å²) in [6, 6.07) is 0. The van der Waals surface area contributed by atoms with Crippen LogP contribution in [0.5, 0.6) is 0 Å². The second-order valence-electron chi connectivity index (χ2n) is 3.83. The highest BCUT2D eigenvalue weighted by Gasteiger charge is 2.24. The van der Waals surface area contributed by atoms with E-state index in [9.17, 15) is 9.90 Å². The number of nitrogens with two attached hydrogens (primary N) is 1. The van der Waals surface area contributed by atoms with Crippen molar-refractivity contribution in [3.05, 3.63) is 0 Å². The van der Waals surface area contributed by atoms with Crippen LogP contribution in [0.15, 0.2) is 0 Å².